The van der Waals surface area contributed by atoms with Crippen LogP contribution in [0.3, 0.4) is 0 Å². The van der Waals surface area contributed by atoms with Crippen LogP contribution in [0, 0.1) is 3.57 Å². The lowest BCUT2D eigenvalue weighted by Crippen LogP contribution is -2.49. The summed E-state index contributed by atoms with van der Waals surface area (Å²) in [5.41, 5.74) is 0.671. The van der Waals surface area contributed by atoms with Crippen LogP contribution >= 0.6 is 22.6 Å². The first-order valence-electron chi connectivity index (χ1n) is 5.70. The third kappa shape index (κ3) is 2.96. The van der Waals surface area contributed by atoms with E-state index in [1.165, 1.54) is 9.13 Å². The molecular weight excluding hydrogens is 315 g/mol. The average Bonchev–Trinajstić information content (AvgIpc) is 2.20. The molecule has 0 aliphatic heterocycles. The summed E-state index contributed by atoms with van der Waals surface area (Å²) in [6, 6.07) is 8.34. The average molecular weight is 332 g/mol. The van der Waals surface area contributed by atoms with Gasteiger partial charge in [0.25, 0.3) is 0 Å². The Morgan fingerprint density at radius 2 is 2.00 bits per heavy atom. The number of halogens is 1. The van der Waals surface area contributed by atoms with Gasteiger partial charge in [0.1, 0.15) is 0 Å². The smallest absolute Gasteiger partial charge is 0.0737 e. The third-order valence-corrected chi connectivity index (χ3v) is 3.78. The zero-order valence-electron chi connectivity index (χ0n) is 9.45. The van der Waals surface area contributed by atoms with Crippen LogP contribution in [0.25, 0.3) is 0 Å². The van der Waals surface area contributed by atoms with E-state index in [9.17, 15) is 5.11 Å². The molecule has 0 unspecified atom stereocenters. The minimum Gasteiger partial charge on any atom is -0.389 e. The van der Waals surface area contributed by atoms with Crippen molar-refractivity contribution in [2.45, 2.75) is 37.9 Å². The zero-order chi connectivity index (χ0) is 11.6. The molecule has 0 bridgehead atoms. The largest absolute Gasteiger partial charge is 0.389 e. The molecule has 0 amide bonds. The Morgan fingerprint density at radius 3 is 2.56 bits per heavy atom. The van der Waals surface area contributed by atoms with Crippen LogP contribution in [0.4, 0.5) is 0 Å². The Labute approximate surface area is 110 Å². The van der Waals surface area contributed by atoms with Gasteiger partial charge in [0.15, 0.2) is 0 Å². The van der Waals surface area contributed by atoms with Crippen LogP contribution in [-0.2, 0) is 11.2 Å². The second kappa shape index (κ2) is 5.02. The summed E-state index contributed by atoms with van der Waals surface area (Å²) < 4.78 is 6.70. The molecule has 1 aliphatic carbocycles. The highest BCUT2D eigenvalue weighted by Gasteiger charge is 2.42. The highest BCUT2D eigenvalue weighted by molar-refractivity contribution is 14.1. The molecular formula is C13H17IO2. The maximum absolute atomic E-state index is 10.2. The Kier molecular flexibility index (Phi) is 3.87. The van der Waals surface area contributed by atoms with E-state index in [1.807, 2.05) is 6.92 Å². The monoisotopic (exact) mass is 332 g/mol. The predicted octanol–water partition coefficient (Wildman–Crippen LogP) is 2.76. The summed E-state index contributed by atoms with van der Waals surface area (Å²) in [7, 11) is 0. The summed E-state index contributed by atoms with van der Waals surface area (Å²) in [6.45, 7) is 2.74. The molecule has 16 heavy (non-hydrogen) atoms. The van der Waals surface area contributed by atoms with Crippen LogP contribution in [0.15, 0.2) is 24.3 Å². The number of rotatable bonds is 4. The van der Waals surface area contributed by atoms with E-state index < -0.39 is 5.60 Å². The van der Waals surface area contributed by atoms with Crippen molar-refractivity contribution < 1.29 is 9.84 Å². The molecule has 1 fully saturated rings. The van der Waals surface area contributed by atoms with Gasteiger partial charge in [-0.25, -0.2) is 0 Å². The van der Waals surface area contributed by atoms with Gasteiger partial charge >= 0.3 is 0 Å². The van der Waals surface area contributed by atoms with E-state index in [0.717, 1.165) is 25.9 Å². The number of ether oxygens (including phenoxy) is 1. The molecule has 1 aromatic rings. The standard InChI is InChI=1S/C13H17IO2/c1-2-16-12-8-13(15,9-12)7-10-3-5-11(14)6-4-10/h3-6,12,15H,2,7-9H2,1H3. The van der Waals surface area contributed by atoms with Crippen LogP contribution in [0.1, 0.15) is 25.3 Å². The third-order valence-electron chi connectivity index (χ3n) is 3.06. The van der Waals surface area contributed by atoms with Gasteiger partial charge in [0, 0.05) is 29.4 Å². The quantitative estimate of drug-likeness (QED) is 0.860. The van der Waals surface area contributed by atoms with Crippen molar-refractivity contribution in [3.05, 3.63) is 33.4 Å². The zero-order valence-corrected chi connectivity index (χ0v) is 11.6. The number of benzene rings is 1. The second-order valence-electron chi connectivity index (χ2n) is 4.51. The van der Waals surface area contributed by atoms with Gasteiger partial charge in [-0.1, -0.05) is 12.1 Å². The topological polar surface area (TPSA) is 29.5 Å². The highest BCUT2D eigenvalue weighted by atomic mass is 127. The van der Waals surface area contributed by atoms with E-state index in [0.29, 0.717) is 0 Å². The van der Waals surface area contributed by atoms with Gasteiger partial charge in [0.2, 0.25) is 0 Å². The van der Waals surface area contributed by atoms with Crippen molar-refractivity contribution in [2.75, 3.05) is 6.61 Å². The molecule has 0 saturated heterocycles. The second-order valence-corrected chi connectivity index (χ2v) is 5.76. The molecule has 1 N–H and O–H groups in total. The number of hydrogen-bond donors (Lipinski definition) is 1. The van der Waals surface area contributed by atoms with Gasteiger partial charge in [0.05, 0.1) is 11.7 Å². The lowest BCUT2D eigenvalue weighted by Gasteiger charge is -2.43. The Hall–Kier alpha value is -0.130. The molecule has 1 aliphatic rings. The molecule has 0 spiro atoms. The first-order valence-corrected chi connectivity index (χ1v) is 6.77. The van der Waals surface area contributed by atoms with Gasteiger partial charge in [-0.15, -0.1) is 0 Å². The minimum absolute atomic E-state index is 0.263. The highest BCUT2D eigenvalue weighted by Crippen LogP contribution is 2.37. The Balaban J connectivity index is 1.89. The summed E-state index contributed by atoms with van der Waals surface area (Å²) >= 11 is 2.29. The fourth-order valence-corrected chi connectivity index (χ4v) is 2.63. The molecule has 1 aromatic carbocycles. The van der Waals surface area contributed by atoms with Crippen molar-refractivity contribution in [2.24, 2.45) is 0 Å². The Bertz CT molecular complexity index is 341. The molecule has 0 atom stereocenters. The van der Waals surface area contributed by atoms with Crippen LogP contribution in [0.2, 0.25) is 0 Å². The molecule has 88 valence electrons. The normalized spacial score (nSPS) is 28.8. The van der Waals surface area contributed by atoms with Gasteiger partial charge in [-0.3, -0.25) is 0 Å². The van der Waals surface area contributed by atoms with E-state index in [4.69, 9.17) is 4.74 Å². The fraction of sp³-hybridized carbons (Fsp3) is 0.538. The van der Waals surface area contributed by atoms with E-state index >= 15 is 0 Å². The first kappa shape index (κ1) is 12.3. The molecule has 3 heteroatoms. The van der Waals surface area contributed by atoms with Crippen LogP contribution in [0.5, 0.6) is 0 Å². The number of aliphatic hydroxyl groups is 1. The van der Waals surface area contributed by atoms with Gasteiger partial charge in [-0.05, 0) is 47.2 Å². The van der Waals surface area contributed by atoms with Crippen molar-refractivity contribution in [3.8, 4) is 0 Å². The summed E-state index contributed by atoms with van der Waals surface area (Å²) in [5.74, 6) is 0. The van der Waals surface area contributed by atoms with Crippen LogP contribution in [-0.4, -0.2) is 23.4 Å². The molecule has 1 saturated carbocycles. The van der Waals surface area contributed by atoms with Crippen molar-refractivity contribution >= 4 is 22.6 Å². The van der Waals surface area contributed by atoms with E-state index in [-0.39, 0.29) is 6.10 Å². The molecule has 2 rings (SSSR count). The molecule has 0 radical (unpaired) electrons. The lowest BCUT2D eigenvalue weighted by molar-refractivity contribution is -0.136. The molecule has 0 aromatic heterocycles. The summed E-state index contributed by atoms with van der Waals surface area (Å²) in [4.78, 5) is 0. The maximum Gasteiger partial charge on any atom is 0.0737 e. The Morgan fingerprint density at radius 1 is 1.38 bits per heavy atom. The van der Waals surface area contributed by atoms with Gasteiger partial charge < -0.3 is 9.84 Å². The summed E-state index contributed by atoms with van der Waals surface area (Å²) in [5, 5.41) is 10.2. The van der Waals surface area contributed by atoms with Crippen molar-refractivity contribution in [1.82, 2.24) is 0 Å². The van der Waals surface area contributed by atoms with Crippen molar-refractivity contribution in [1.29, 1.82) is 0 Å². The SMILES string of the molecule is CCOC1CC(O)(Cc2ccc(I)cc2)C1. The predicted molar refractivity (Wildman–Crippen MR) is 72.5 cm³/mol. The molecule has 0 heterocycles. The fourth-order valence-electron chi connectivity index (χ4n) is 2.27. The van der Waals surface area contributed by atoms with Crippen molar-refractivity contribution in [3.63, 3.8) is 0 Å². The van der Waals surface area contributed by atoms with Crippen LogP contribution < -0.4 is 0 Å². The van der Waals surface area contributed by atoms with E-state index in [2.05, 4.69) is 46.9 Å². The maximum atomic E-state index is 10.2. The molecule has 2 nitrogen and oxygen atoms in total. The van der Waals surface area contributed by atoms with Gasteiger partial charge in [-0.2, -0.15) is 0 Å². The number of hydrogen-bond acceptors (Lipinski definition) is 2. The summed E-state index contributed by atoms with van der Waals surface area (Å²) in [6.07, 6.45) is 2.55. The lowest BCUT2D eigenvalue weighted by atomic mass is 9.74. The first-order chi connectivity index (χ1) is 7.61. The minimum atomic E-state index is -0.535. The van der Waals surface area contributed by atoms with E-state index in [1.54, 1.807) is 0 Å².